The van der Waals surface area contributed by atoms with E-state index in [1.54, 1.807) is 6.20 Å². The first-order valence-electron chi connectivity index (χ1n) is 7.26. The molecule has 0 N–H and O–H groups in total. The Morgan fingerprint density at radius 1 is 0.955 bits per heavy atom. The molecular weight excluding hydrogens is 278 g/mol. The highest BCUT2D eigenvalue weighted by atomic mass is 16.7. The average molecular weight is 291 g/mol. The summed E-state index contributed by atoms with van der Waals surface area (Å²) in [6.45, 7) is 0.635. The Morgan fingerprint density at radius 2 is 1.73 bits per heavy atom. The lowest BCUT2D eigenvalue weighted by Crippen LogP contribution is -2.50. The monoisotopic (exact) mass is 291 g/mol. The van der Waals surface area contributed by atoms with E-state index in [9.17, 15) is 5.21 Å². The van der Waals surface area contributed by atoms with Crippen LogP contribution in [0.15, 0.2) is 36.4 Å². The Kier molecular flexibility index (Phi) is 2.19. The maximum absolute atomic E-state index is 13.2. The Morgan fingerprint density at radius 3 is 2.59 bits per heavy atom. The molecule has 0 bridgehead atoms. The Bertz CT molecular complexity index is 1050. The molecule has 22 heavy (non-hydrogen) atoms. The molecule has 0 spiro atoms. The molecule has 3 aliphatic heterocycles. The second kappa shape index (κ2) is 4.00. The molecule has 2 aromatic carbocycles. The van der Waals surface area contributed by atoms with Crippen LogP contribution >= 0.6 is 0 Å². The maximum atomic E-state index is 13.2. The van der Waals surface area contributed by atoms with Crippen LogP contribution in [0.2, 0.25) is 0 Å². The molecule has 2 aromatic rings. The molecule has 108 valence electrons. The predicted octanol–water partition coefficient (Wildman–Crippen LogP) is -0.135. The zero-order valence-corrected chi connectivity index (χ0v) is 11.8. The minimum Gasteiger partial charge on any atom is -0.622 e. The van der Waals surface area contributed by atoms with Crippen molar-refractivity contribution in [2.24, 2.45) is 0 Å². The average Bonchev–Trinajstić information content (AvgIpc) is 2.98. The van der Waals surface area contributed by atoms with Gasteiger partial charge in [0.1, 0.15) is 18.4 Å². The number of rotatable bonds is 0. The highest BCUT2D eigenvalue weighted by Gasteiger charge is 2.26. The van der Waals surface area contributed by atoms with Crippen molar-refractivity contribution in [2.75, 3.05) is 13.3 Å². The van der Waals surface area contributed by atoms with Gasteiger partial charge in [0.2, 0.25) is 6.79 Å². The molecule has 4 heteroatoms. The SMILES string of the molecule is [O-][N+]12C=c3ccccc3=CC1=c1cc3c(cc1=CC2)OCO3. The maximum Gasteiger partial charge on any atom is 0.231 e. The van der Waals surface area contributed by atoms with Crippen LogP contribution in [0.1, 0.15) is 0 Å². The Labute approximate surface area is 126 Å². The van der Waals surface area contributed by atoms with Gasteiger partial charge in [-0.1, -0.05) is 18.2 Å². The van der Waals surface area contributed by atoms with Crippen molar-refractivity contribution in [3.8, 4) is 11.5 Å². The summed E-state index contributed by atoms with van der Waals surface area (Å²) in [5.41, 5.74) is 0.759. The van der Waals surface area contributed by atoms with Crippen LogP contribution < -0.4 is 30.3 Å². The predicted molar refractivity (Wildman–Crippen MR) is 82.8 cm³/mol. The molecule has 3 aliphatic rings. The molecule has 0 aromatic heterocycles. The quantitative estimate of drug-likeness (QED) is 0.501. The molecule has 0 amide bonds. The van der Waals surface area contributed by atoms with Gasteiger partial charge in [0.05, 0.1) is 0 Å². The summed E-state index contributed by atoms with van der Waals surface area (Å²) in [6.07, 6.45) is 5.76. The van der Waals surface area contributed by atoms with E-state index in [-0.39, 0.29) is 6.79 Å². The molecule has 0 fully saturated rings. The van der Waals surface area contributed by atoms with Gasteiger partial charge >= 0.3 is 0 Å². The van der Waals surface area contributed by atoms with E-state index < -0.39 is 4.65 Å². The van der Waals surface area contributed by atoms with E-state index in [0.29, 0.717) is 12.3 Å². The van der Waals surface area contributed by atoms with Crippen LogP contribution in [0.5, 0.6) is 11.5 Å². The summed E-state index contributed by atoms with van der Waals surface area (Å²) in [5.74, 6) is 1.46. The van der Waals surface area contributed by atoms with Crippen molar-refractivity contribution in [1.82, 2.24) is 0 Å². The van der Waals surface area contributed by atoms with Crippen molar-refractivity contribution < 1.29 is 14.1 Å². The summed E-state index contributed by atoms with van der Waals surface area (Å²) >= 11 is 0. The zero-order chi connectivity index (χ0) is 14.7. The van der Waals surface area contributed by atoms with Gasteiger partial charge in [0.15, 0.2) is 11.5 Å². The lowest BCUT2D eigenvalue weighted by molar-refractivity contribution is -0.712. The van der Waals surface area contributed by atoms with Crippen LogP contribution in [0.4, 0.5) is 0 Å². The third-order valence-electron chi connectivity index (χ3n) is 4.45. The van der Waals surface area contributed by atoms with Crippen molar-refractivity contribution in [3.05, 3.63) is 62.5 Å². The van der Waals surface area contributed by atoms with Crippen LogP contribution in [0, 0.1) is 5.21 Å². The summed E-state index contributed by atoms with van der Waals surface area (Å²) in [5, 5.41) is 17.3. The molecule has 0 saturated heterocycles. The fourth-order valence-corrected chi connectivity index (χ4v) is 3.33. The van der Waals surface area contributed by atoms with Gasteiger partial charge < -0.3 is 14.7 Å². The molecule has 1 unspecified atom stereocenters. The lowest BCUT2D eigenvalue weighted by Gasteiger charge is -2.41. The molecule has 0 saturated carbocycles. The molecule has 3 heterocycles. The van der Waals surface area contributed by atoms with Gasteiger partial charge in [0.25, 0.3) is 0 Å². The summed E-state index contributed by atoms with van der Waals surface area (Å²) in [4.78, 5) is 0. The third-order valence-corrected chi connectivity index (χ3v) is 4.45. The molecule has 4 nitrogen and oxygen atoms in total. The number of hydrogen-bond donors (Lipinski definition) is 0. The third kappa shape index (κ3) is 1.53. The minimum absolute atomic E-state index is 0.240. The molecule has 0 aliphatic carbocycles. The number of ether oxygens (including phenoxy) is 2. The highest BCUT2D eigenvalue weighted by molar-refractivity contribution is 5.76. The number of nitrogens with zero attached hydrogens (tertiary/aromatic N) is 1. The number of hydrogen-bond acceptors (Lipinski definition) is 3. The molecule has 5 rings (SSSR count). The van der Waals surface area contributed by atoms with Gasteiger partial charge in [-0.25, -0.2) is 0 Å². The highest BCUT2D eigenvalue weighted by Crippen LogP contribution is 2.30. The summed E-state index contributed by atoms with van der Waals surface area (Å²) in [6, 6.07) is 11.8. The first-order chi connectivity index (χ1) is 10.7. The minimum atomic E-state index is -0.455. The van der Waals surface area contributed by atoms with Crippen molar-refractivity contribution >= 4 is 24.0 Å². The smallest absolute Gasteiger partial charge is 0.231 e. The standard InChI is InChI=1S/C18H13NO3/c20-19-6-5-13-8-17-18(22-11-21-17)9-15(13)16(19)7-12-3-1-2-4-14(12)10-19/h1-5,7-10H,6,11H2. The van der Waals surface area contributed by atoms with E-state index in [2.05, 4.69) is 0 Å². The van der Waals surface area contributed by atoms with Gasteiger partial charge in [-0.3, -0.25) is 4.65 Å². The number of hydroxylamine groups is 3. The number of benzene rings is 2. The summed E-state index contributed by atoms with van der Waals surface area (Å²) < 4.78 is 10.4. The van der Waals surface area contributed by atoms with Crippen molar-refractivity contribution in [3.63, 3.8) is 0 Å². The van der Waals surface area contributed by atoms with Crippen LogP contribution in [-0.2, 0) is 0 Å². The zero-order valence-electron chi connectivity index (χ0n) is 11.8. The topological polar surface area (TPSA) is 41.5 Å². The van der Waals surface area contributed by atoms with E-state index in [1.807, 2.05) is 48.6 Å². The van der Waals surface area contributed by atoms with E-state index in [4.69, 9.17) is 9.47 Å². The fraction of sp³-hybridized carbons (Fsp3) is 0.111. The fourth-order valence-electron chi connectivity index (χ4n) is 3.33. The van der Waals surface area contributed by atoms with Crippen LogP contribution in [0.25, 0.3) is 24.0 Å². The lowest BCUT2D eigenvalue weighted by atomic mass is 10.0. The van der Waals surface area contributed by atoms with E-state index in [1.165, 1.54) is 0 Å². The van der Waals surface area contributed by atoms with E-state index in [0.717, 1.165) is 32.3 Å². The first kappa shape index (κ1) is 12.0. The number of quaternary nitrogens is 1. The molecular formula is C18H13NO3. The normalized spacial score (nSPS) is 23.4. The van der Waals surface area contributed by atoms with Crippen LogP contribution in [-0.4, -0.2) is 18.0 Å². The Hall–Kier alpha value is -2.56. The van der Waals surface area contributed by atoms with Gasteiger partial charge in [0, 0.05) is 16.5 Å². The number of fused-ring (bicyclic) bond motifs is 4. The Balaban J connectivity index is 1.94. The van der Waals surface area contributed by atoms with Crippen LogP contribution in [0.3, 0.4) is 0 Å². The van der Waals surface area contributed by atoms with E-state index >= 15 is 0 Å². The first-order valence-corrected chi connectivity index (χ1v) is 7.26. The molecule has 1 atom stereocenters. The molecule has 0 radical (unpaired) electrons. The summed E-state index contributed by atoms with van der Waals surface area (Å²) in [7, 11) is 0. The van der Waals surface area contributed by atoms with Gasteiger partial charge in [-0.05, 0) is 34.7 Å². The van der Waals surface area contributed by atoms with Crippen molar-refractivity contribution in [2.45, 2.75) is 0 Å². The van der Waals surface area contributed by atoms with Gasteiger partial charge in [-0.15, -0.1) is 0 Å². The second-order valence-electron chi connectivity index (χ2n) is 5.76. The van der Waals surface area contributed by atoms with Crippen molar-refractivity contribution in [1.29, 1.82) is 0 Å². The van der Waals surface area contributed by atoms with Gasteiger partial charge in [-0.2, -0.15) is 0 Å². The second-order valence-corrected chi connectivity index (χ2v) is 5.76. The largest absolute Gasteiger partial charge is 0.622 e.